The zero-order valence-corrected chi connectivity index (χ0v) is 64.9. The van der Waals surface area contributed by atoms with Crippen molar-refractivity contribution in [3.8, 4) is 5.75 Å². The Bertz CT molecular complexity index is 4050. The number of carboxylic acid groups (broad SMARTS) is 4. The number of Topliss-reactive ketones (excluding diaryl/α,β-unsaturated/α-hetero) is 1. The first-order valence-electron chi connectivity index (χ1n) is 37.0. The summed E-state index contributed by atoms with van der Waals surface area (Å²) in [5, 5.41) is 89.9. The Hall–Kier alpha value is -8.13. The van der Waals surface area contributed by atoms with Crippen LogP contribution in [0.3, 0.4) is 0 Å². The second-order valence-corrected chi connectivity index (χ2v) is 40.6. The molecule has 1 aliphatic carbocycles. The van der Waals surface area contributed by atoms with Crippen molar-refractivity contribution in [1.82, 2.24) is 36.1 Å². The van der Waals surface area contributed by atoms with E-state index in [2.05, 4.69) is 110 Å². The van der Waals surface area contributed by atoms with E-state index in [0.717, 1.165) is 91.7 Å². The molecule has 3 unspecified atom stereocenters. The number of H-pyrrole nitrogens is 1. The van der Waals surface area contributed by atoms with Crippen molar-refractivity contribution in [1.29, 1.82) is 0 Å². The third-order valence-electron chi connectivity index (χ3n) is 24.1. The molecule has 4 aromatic rings. The number of aromatic amines is 1. The highest BCUT2D eigenvalue weighted by Crippen LogP contribution is 2.68. The van der Waals surface area contributed by atoms with Crippen LogP contribution in [0, 0.1) is 11.3 Å². The maximum Gasteiger partial charge on any atom is 0.373 e. The van der Waals surface area contributed by atoms with Gasteiger partial charge in [-0.1, -0.05) is 74.9 Å². The van der Waals surface area contributed by atoms with Crippen LogP contribution in [0.5, 0.6) is 5.75 Å². The van der Waals surface area contributed by atoms with Crippen LogP contribution in [0.15, 0.2) is 72.8 Å². The van der Waals surface area contributed by atoms with Gasteiger partial charge in [0, 0.05) is 127 Å². The first-order chi connectivity index (χ1) is 49.8. The zero-order chi connectivity index (χ0) is 77.9. The number of anilines is 1. The van der Waals surface area contributed by atoms with Crippen LogP contribution >= 0.6 is 0 Å². The maximum absolute atomic E-state index is 14.8. The number of carboxylic acids is 4. The molecule has 13 atom stereocenters. The SMILES string of the molecule is CC[C@]1(O)CC2CN(CCc3c([nH]c4ccccc34)[C@@](C)(c3cc4c(cc3OC)N(C)[C@H]3[C@@](O)(CCC(=O)c5ccc([Si](C)(C)O[Si](C)(C)CC(NC(=O)CCCCCNC(=O)CC[C@](C)(NC(=O)N[C@@](C)(CCC(=O)O)C(=O)O)C(=O)O)C(=O)O)cc5)[C@H](O)[C@]5(CC)C=CCN6CC[C@]43[C@H]65)C2)C1.O=C=O. The normalized spacial score (nSPS) is 27.2. The summed E-state index contributed by atoms with van der Waals surface area (Å²) in [6, 6.07) is 17.3. The number of ketones is 1. The molecule has 1 saturated carbocycles. The number of hydrogen-bond donors (Lipinski definition) is 12. The number of likely N-dealkylation sites (N-methyl/N-ethyl adjacent to an activating group) is 1. The molecular weight excluding hydrogens is 1400 g/mol. The molecule has 106 heavy (non-hydrogen) atoms. The van der Waals surface area contributed by atoms with Gasteiger partial charge in [-0.05, 0) is 165 Å². The number of rotatable bonds is 31. The van der Waals surface area contributed by atoms with Crippen molar-refractivity contribution >= 4 is 92.1 Å². The van der Waals surface area contributed by atoms with Crippen LogP contribution in [0.25, 0.3) is 10.9 Å². The predicted molar refractivity (Wildman–Crippen MR) is 399 cm³/mol. The lowest BCUT2D eigenvalue weighted by Gasteiger charge is -2.64. The van der Waals surface area contributed by atoms with Crippen molar-refractivity contribution in [3.63, 3.8) is 0 Å². The van der Waals surface area contributed by atoms with Crippen LogP contribution in [0.2, 0.25) is 32.2 Å². The number of fused-ring (bicyclic) bond motifs is 6. The van der Waals surface area contributed by atoms with Gasteiger partial charge in [0.15, 0.2) is 14.1 Å². The molecule has 6 heterocycles. The molecule has 578 valence electrons. The third kappa shape index (κ3) is 16.3. The largest absolute Gasteiger partial charge is 0.496 e. The number of aliphatic hydroxyl groups is 3. The van der Waals surface area contributed by atoms with Gasteiger partial charge < -0.3 is 75.7 Å². The van der Waals surface area contributed by atoms with E-state index in [1.807, 2.05) is 45.4 Å². The average Bonchev–Trinajstić information content (AvgIpc) is 1.47. The Balaban J connectivity index is 0.00000426. The average molecular weight is 1510 g/mol. The van der Waals surface area contributed by atoms with Crippen LogP contribution in [0.4, 0.5) is 10.5 Å². The fourth-order valence-corrected chi connectivity index (χ4v) is 27.5. The number of aromatic nitrogens is 1. The number of piperidine rings is 1. The van der Waals surface area contributed by atoms with E-state index in [4.69, 9.17) is 23.5 Å². The van der Waals surface area contributed by atoms with E-state index >= 15 is 0 Å². The number of methoxy groups -OCH3 is 1. The first-order valence-corrected chi connectivity index (χ1v) is 43.1. The number of aliphatic carboxylic acids is 4. The second kappa shape index (κ2) is 32.0. The Morgan fingerprint density at radius 1 is 0.802 bits per heavy atom. The van der Waals surface area contributed by atoms with Gasteiger partial charge in [-0.25, -0.2) is 14.4 Å². The van der Waals surface area contributed by atoms with Crippen molar-refractivity contribution in [3.05, 3.63) is 101 Å². The molecule has 10 rings (SSSR count). The number of amides is 4. The Kier molecular flexibility index (Phi) is 24.7. The number of hydrogen-bond acceptors (Lipinski definition) is 18. The number of benzene rings is 3. The zero-order valence-electron chi connectivity index (χ0n) is 62.9. The minimum atomic E-state index is -2.86. The first kappa shape index (κ1) is 81.9. The molecule has 12 N–H and O–H groups in total. The summed E-state index contributed by atoms with van der Waals surface area (Å²) in [6.45, 7) is 20.6. The highest BCUT2D eigenvalue weighted by molar-refractivity contribution is 6.92. The fraction of sp³-hybridized carbons (Fsp3) is 0.597. The number of nitrogens with one attached hydrogen (secondary N) is 5. The molecule has 1 spiro atoms. The number of carbonyl (C=O) groups is 8. The molecule has 29 heteroatoms. The molecule has 2 saturated heterocycles. The van der Waals surface area contributed by atoms with Crippen molar-refractivity contribution < 1.29 is 92.5 Å². The molecule has 6 aliphatic rings. The predicted octanol–water partition coefficient (Wildman–Crippen LogP) is 6.68. The summed E-state index contributed by atoms with van der Waals surface area (Å²) in [5.74, 6) is -5.82. The van der Waals surface area contributed by atoms with Crippen LogP contribution in [-0.4, -0.2) is 221 Å². The van der Waals surface area contributed by atoms with E-state index in [1.54, 1.807) is 19.2 Å². The minimum Gasteiger partial charge on any atom is -0.496 e. The van der Waals surface area contributed by atoms with Crippen LogP contribution in [-0.2, 0) is 59.7 Å². The van der Waals surface area contributed by atoms with Crippen molar-refractivity contribution in [2.75, 3.05) is 58.3 Å². The molecule has 0 radical (unpaired) electrons. The van der Waals surface area contributed by atoms with E-state index in [9.17, 15) is 69.0 Å². The summed E-state index contributed by atoms with van der Waals surface area (Å²) in [4.78, 5) is 129. The Morgan fingerprint density at radius 2 is 1.46 bits per heavy atom. The lowest BCUT2D eigenvalue weighted by Crippen LogP contribution is -2.78. The number of carbonyl (C=O) groups excluding carboxylic acids is 6. The van der Waals surface area contributed by atoms with Gasteiger partial charge in [-0.15, -0.1) is 0 Å². The number of aliphatic hydroxyl groups excluding tert-OH is 1. The molecule has 3 fully saturated rings. The summed E-state index contributed by atoms with van der Waals surface area (Å²) < 4.78 is 13.5. The monoisotopic (exact) mass is 1500 g/mol. The summed E-state index contributed by atoms with van der Waals surface area (Å²) in [5.41, 5.74) is -1.75. The van der Waals surface area contributed by atoms with Gasteiger partial charge in [0.25, 0.3) is 0 Å². The molecule has 1 aromatic heterocycles. The van der Waals surface area contributed by atoms with Crippen LogP contribution in [0.1, 0.15) is 164 Å². The van der Waals surface area contributed by atoms with Gasteiger partial charge in [-0.3, -0.25) is 33.8 Å². The van der Waals surface area contributed by atoms with Gasteiger partial charge >= 0.3 is 36.1 Å². The fourth-order valence-electron chi connectivity index (χ4n) is 19.0. The van der Waals surface area contributed by atoms with Gasteiger partial charge in [-0.2, -0.15) is 9.59 Å². The van der Waals surface area contributed by atoms with E-state index in [-0.39, 0.29) is 68.6 Å². The lowest BCUT2D eigenvalue weighted by molar-refractivity contribution is -0.201. The molecule has 2 bridgehead atoms. The molecular formula is C77H108N8O19Si2. The van der Waals surface area contributed by atoms with E-state index in [0.29, 0.717) is 57.2 Å². The van der Waals surface area contributed by atoms with Crippen LogP contribution < -0.4 is 36.1 Å². The standard InChI is InChI=1S/C76H108N8O17Si2.CO2/c1-12-73(98)43-47-42-70(3,62-51(30-38-83(44-47)46-73)50-20-16-17-21-54(50)79-62)53-40-52-56(41-58(53)100-7)82(6)65-75(52)35-39-84-37-19-31-74(13-2,64(75)84)66(92)76(65,99)34-27-57(85)48-23-25-49(26-24-48)103(10,11)101-102(8,9)45-55(63(90)91)78-60(87)22-15-14-18-36-77-59(86)28-32-71(4,67(93)94)80-69(97)81-72(5,68(95)96)33-29-61(88)89;2-1-3/h16-17,19-21,23-26,31,40-41,47,55,64-66,79,92,98-99H,12-15,18,22,27-30,32-39,42-46H2,1-11H3,(H,77,86)(H,78,87)(H,88,89)(H,90,91)(H,93,94)(H,95,96)(H2,80,81,97);/t47?,55?,64-,65-,66-,70-,71+,72+,73+,74-,75-,76+;/m1./s1. The highest BCUT2D eigenvalue weighted by Gasteiger charge is 2.76. The number of unbranched alkanes of at least 4 members (excludes halogenated alkanes) is 2. The lowest BCUT2D eigenvalue weighted by atomic mass is 9.47. The summed E-state index contributed by atoms with van der Waals surface area (Å²) >= 11 is 0. The minimum absolute atomic E-state index is 0.00762. The van der Waals surface area contributed by atoms with E-state index < -0.39 is 128 Å². The number of ether oxygens (including phenoxy) is 1. The van der Waals surface area contributed by atoms with Gasteiger partial charge in [0.05, 0.1) is 24.9 Å². The quantitative estimate of drug-likeness (QED) is 0.0108. The molecule has 5 aliphatic heterocycles. The molecule has 27 nitrogen and oxygen atoms in total. The van der Waals surface area contributed by atoms with Gasteiger partial charge in [0.1, 0.15) is 28.5 Å². The highest BCUT2D eigenvalue weighted by atomic mass is 28.4. The number of urea groups is 1. The van der Waals surface area contributed by atoms with Crippen molar-refractivity contribution in [2.45, 2.75) is 227 Å². The maximum atomic E-state index is 14.8. The third-order valence-corrected chi connectivity index (χ3v) is 31.5. The molecule has 4 amide bonds. The summed E-state index contributed by atoms with van der Waals surface area (Å²) in [6.07, 6.45) is 6.97. The molecule has 3 aromatic carbocycles. The van der Waals surface area contributed by atoms with E-state index in [1.165, 1.54) is 10.9 Å². The van der Waals surface area contributed by atoms with Gasteiger partial charge in [0.2, 0.25) is 20.1 Å². The topological polar surface area (TPSA) is 404 Å². The number of para-hydroxylation sites is 1. The number of nitrogens with zero attached hydrogens (tertiary/aromatic N) is 3. The smallest absolute Gasteiger partial charge is 0.373 e. The Labute approximate surface area is 620 Å². The second-order valence-electron chi connectivity index (χ2n) is 32.3. The Morgan fingerprint density at radius 3 is 2.08 bits per heavy atom. The van der Waals surface area contributed by atoms with Crippen molar-refractivity contribution in [2.24, 2.45) is 11.3 Å². The summed E-state index contributed by atoms with van der Waals surface area (Å²) in [7, 11) is -1.91.